The highest BCUT2D eigenvalue weighted by Gasteiger charge is 2.12. The van der Waals surface area contributed by atoms with Gasteiger partial charge in [0.2, 0.25) is 0 Å². The van der Waals surface area contributed by atoms with Crippen molar-refractivity contribution in [3.05, 3.63) is 41.7 Å². The molecule has 20 heavy (non-hydrogen) atoms. The molecule has 1 atom stereocenters. The number of rotatable bonds is 7. The summed E-state index contributed by atoms with van der Waals surface area (Å²) in [5, 5.41) is 0. The van der Waals surface area contributed by atoms with Crippen molar-refractivity contribution in [2.24, 2.45) is 5.92 Å². The number of ether oxygens (including phenoxy) is 3. The molecule has 110 valence electrons. The molecule has 1 rings (SSSR count). The standard InChI is InChI=1S/C16H22O4/c1-12(10-20-11-13(2)16(17)19-4)9-14-5-7-15(18-3)8-6-14/h5-8,10,13H,9,11H2,1-4H3. The number of carbonyl (C=O) groups is 1. The molecule has 0 bridgehead atoms. The molecule has 0 amide bonds. The zero-order valence-corrected chi connectivity index (χ0v) is 12.5. The van der Waals surface area contributed by atoms with E-state index < -0.39 is 0 Å². The van der Waals surface area contributed by atoms with E-state index in [2.05, 4.69) is 4.74 Å². The second kappa shape index (κ2) is 8.25. The lowest BCUT2D eigenvalue weighted by Crippen LogP contribution is -2.17. The monoisotopic (exact) mass is 278 g/mol. The third-order valence-electron chi connectivity index (χ3n) is 2.88. The van der Waals surface area contributed by atoms with E-state index in [4.69, 9.17) is 9.47 Å². The third-order valence-corrected chi connectivity index (χ3v) is 2.88. The summed E-state index contributed by atoms with van der Waals surface area (Å²) >= 11 is 0. The highest BCUT2D eigenvalue weighted by Crippen LogP contribution is 2.14. The molecular weight excluding hydrogens is 256 g/mol. The number of hydrogen-bond acceptors (Lipinski definition) is 4. The minimum absolute atomic E-state index is 0.258. The van der Waals surface area contributed by atoms with Crippen molar-refractivity contribution in [3.63, 3.8) is 0 Å². The molecule has 0 fully saturated rings. The summed E-state index contributed by atoms with van der Waals surface area (Å²) in [4.78, 5) is 11.2. The topological polar surface area (TPSA) is 44.8 Å². The highest BCUT2D eigenvalue weighted by atomic mass is 16.5. The molecule has 0 saturated carbocycles. The maximum absolute atomic E-state index is 11.2. The minimum atomic E-state index is -0.259. The molecule has 0 aromatic heterocycles. The second-order valence-corrected chi connectivity index (χ2v) is 4.75. The van der Waals surface area contributed by atoms with Gasteiger partial charge in [-0.15, -0.1) is 0 Å². The summed E-state index contributed by atoms with van der Waals surface area (Å²) in [6, 6.07) is 7.91. The van der Waals surface area contributed by atoms with Crippen LogP contribution in [0.1, 0.15) is 19.4 Å². The fourth-order valence-electron chi connectivity index (χ4n) is 1.71. The van der Waals surface area contributed by atoms with Crippen LogP contribution in [0, 0.1) is 5.92 Å². The number of methoxy groups -OCH3 is 2. The van der Waals surface area contributed by atoms with Gasteiger partial charge in [0.15, 0.2) is 0 Å². The van der Waals surface area contributed by atoms with E-state index in [0.29, 0.717) is 6.61 Å². The first-order chi connectivity index (χ1) is 9.56. The largest absolute Gasteiger partial charge is 0.500 e. The second-order valence-electron chi connectivity index (χ2n) is 4.75. The molecule has 4 heteroatoms. The van der Waals surface area contributed by atoms with Crippen molar-refractivity contribution < 1.29 is 19.0 Å². The van der Waals surface area contributed by atoms with Crippen molar-refractivity contribution in [2.75, 3.05) is 20.8 Å². The molecule has 0 radical (unpaired) electrons. The Balaban J connectivity index is 2.43. The van der Waals surface area contributed by atoms with Crippen molar-refractivity contribution in [1.29, 1.82) is 0 Å². The Morgan fingerprint density at radius 3 is 2.45 bits per heavy atom. The van der Waals surface area contributed by atoms with Crippen LogP contribution < -0.4 is 4.74 Å². The van der Waals surface area contributed by atoms with Crippen LogP contribution in [-0.4, -0.2) is 26.8 Å². The van der Waals surface area contributed by atoms with E-state index >= 15 is 0 Å². The van der Waals surface area contributed by atoms with Crippen LogP contribution >= 0.6 is 0 Å². The smallest absolute Gasteiger partial charge is 0.311 e. The zero-order valence-electron chi connectivity index (χ0n) is 12.5. The van der Waals surface area contributed by atoms with E-state index in [1.165, 1.54) is 12.7 Å². The van der Waals surface area contributed by atoms with Gasteiger partial charge in [0.1, 0.15) is 12.4 Å². The van der Waals surface area contributed by atoms with Crippen molar-refractivity contribution in [2.45, 2.75) is 20.3 Å². The number of allylic oxidation sites excluding steroid dienone is 1. The molecule has 1 unspecified atom stereocenters. The van der Waals surface area contributed by atoms with E-state index in [0.717, 1.165) is 17.7 Å². The number of hydrogen-bond donors (Lipinski definition) is 0. The maximum Gasteiger partial charge on any atom is 0.311 e. The number of benzene rings is 1. The van der Waals surface area contributed by atoms with Crippen LogP contribution in [0.2, 0.25) is 0 Å². The molecule has 1 aromatic carbocycles. The van der Waals surface area contributed by atoms with E-state index in [-0.39, 0.29) is 11.9 Å². The van der Waals surface area contributed by atoms with Crippen LogP contribution in [-0.2, 0) is 20.7 Å². The first-order valence-corrected chi connectivity index (χ1v) is 6.54. The van der Waals surface area contributed by atoms with Crippen LogP contribution in [0.15, 0.2) is 36.1 Å². The Bertz CT molecular complexity index is 448. The minimum Gasteiger partial charge on any atom is -0.500 e. The Kier molecular flexibility index (Phi) is 6.64. The summed E-state index contributed by atoms with van der Waals surface area (Å²) < 4.78 is 15.2. The van der Waals surface area contributed by atoms with Crippen LogP contribution in [0.4, 0.5) is 0 Å². The Labute approximate surface area is 120 Å². The highest BCUT2D eigenvalue weighted by molar-refractivity contribution is 5.71. The van der Waals surface area contributed by atoms with Gasteiger partial charge in [-0.1, -0.05) is 12.1 Å². The van der Waals surface area contributed by atoms with Gasteiger partial charge < -0.3 is 14.2 Å². The Hall–Kier alpha value is -1.97. The predicted octanol–water partition coefficient (Wildman–Crippen LogP) is 2.97. The van der Waals surface area contributed by atoms with Gasteiger partial charge in [0.25, 0.3) is 0 Å². The molecule has 0 aliphatic rings. The molecular formula is C16H22O4. The van der Waals surface area contributed by atoms with Crippen LogP contribution in [0.5, 0.6) is 5.75 Å². The Morgan fingerprint density at radius 1 is 1.25 bits per heavy atom. The normalized spacial score (nSPS) is 12.7. The van der Waals surface area contributed by atoms with Gasteiger partial charge in [-0.05, 0) is 43.5 Å². The molecule has 0 N–H and O–H groups in total. The van der Waals surface area contributed by atoms with Crippen molar-refractivity contribution in [1.82, 2.24) is 0 Å². The predicted molar refractivity (Wildman–Crippen MR) is 77.6 cm³/mol. The molecule has 0 spiro atoms. The van der Waals surface area contributed by atoms with Gasteiger partial charge in [0.05, 0.1) is 26.4 Å². The van der Waals surface area contributed by atoms with Crippen molar-refractivity contribution in [3.8, 4) is 5.75 Å². The van der Waals surface area contributed by atoms with Gasteiger partial charge in [0, 0.05) is 0 Å². The third kappa shape index (κ3) is 5.34. The van der Waals surface area contributed by atoms with E-state index in [1.54, 1.807) is 20.3 Å². The van der Waals surface area contributed by atoms with Crippen molar-refractivity contribution >= 4 is 5.97 Å². The van der Waals surface area contributed by atoms with Crippen LogP contribution in [0.3, 0.4) is 0 Å². The average Bonchev–Trinajstić information content (AvgIpc) is 2.47. The van der Waals surface area contributed by atoms with Gasteiger partial charge in [-0.3, -0.25) is 4.79 Å². The summed E-state index contributed by atoms with van der Waals surface area (Å²) in [7, 11) is 3.03. The Morgan fingerprint density at radius 2 is 1.90 bits per heavy atom. The molecule has 4 nitrogen and oxygen atoms in total. The van der Waals surface area contributed by atoms with E-state index in [9.17, 15) is 4.79 Å². The summed E-state index contributed by atoms with van der Waals surface area (Å²) in [6.07, 6.45) is 2.50. The summed E-state index contributed by atoms with van der Waals surface area (Å²) in [6.45, 7) is 4.10. The summed E-state index contributed by atoms with van der Waals surface area (Å²) in [5.41, 5.74) is 2.27. The molecule has 0 aliphatic heterocycles. The number of carbonyl (C=O) groups excluding carboxylic acids is 1. The fraction of sp³-hybridized carbons (Fsp3) is 0.438. The molecule has 0 aliphatic carbocycles. The lowest BCUT2D eigenvalue weighted by atomic mass is 10.1. The lowest BCUT2D eigenvalue weighted by molar-refractivity contribution is -0.146. The molecule has 0 saturated heterocycles. The van der Waals surface area contributed by atoms with Gasteiger partial charge >= 0.3 is 5.97 Å². The van der Waals surface area contributed by atoms with Gasteiger partial charge in [-0.2, -0.15) is 0 Å². The fourth-order valence-corrected chi connectivity index (χ4v) is 1.71. The van der Waals surface area contributed by atoms with E-state index in [1.807, 2.05) is 31.2 Å². The SMILES string of the molecule is COC(=O)C(C)COC=C(C)Cc1ccc(OC)cc1. The summed E-state index contributed by atoms with van der Waals surface area (Å²) in [5.74, 6) is 0.328. The quantitative estimate of drug-likeness (QED) is 0.568. The zero-order chi connectivity index (χ0) is 15.0. The molecule has 1 aromatic rings. The maximum atomic E-state index is 11.2. The lowest BCUT2D eigenvalue weighted by Gasteiger charge is -2.09. The van der Waals surface area contributed by atoms with Gasteiger partial charge in [-0.25, -0.2) is 0 Å². The molecule has 0 heterocycles. The first kappa shape index (κ1) is 16.1. The first-order valence-electron chi connectivity index (χ1n) is 6.54. The average molecular weight is 278 g/mol. The number of esters is 1. The van der Waals surface area contributed by atoms with Crippen LogP contribution in [0.25, 0.3) is 0 Å².